The van der Waals surface area contributed by atoms with Crippen LogP contribution in [0.4, 0.5) is 18.9 Å². The summed E-state index contributed by atoms with van der Waals surface area (Å²) >= 11 is 0. The maximum Gasteiger partial charge on any atom is 0.418 e. The van der Waals surface area contributed by atoms with Crippen LogP contribution in [0.25, 0.3) is 16.9 Å². The fourth-order valence-electron chi connectivity index (χ4n) is 5.10. The zero-order chi connectivity index (χ0) is 24.0. The van der Waals surface area contributed by atoms with Gasteiger partial charge in [0.05, 0.1) is 24.1 Å². The minimum atomic E-state index is -4.62. The summed E-state index contributed by atoms with van der Waals surface area (Å²) in [6, 6.07) is 9.59. The van der Waals surface area contributed by atoms with E-state index in [0.717, 1.165) is 59.8 Å². The van der Waals surface area contributed by atoms with Crippen LogP contribution in [0.1, 0.15) is 41.5 Å². The van der Waals surface area contributed by atoms with E-state index in [4.69, 9.17) is 4.74 Å². The summed E-state index contributed by atoms with van der Waals surface area (Å²) in [6.45, 7) is 3.47. The van der Waals surface area contributed by atoms with Gasteiger partial charge in [0.2, 0.25) is 0 Å². The van der Waals surface area contributed by atoms with E-state index in [1.807, 2.05) is 25.1 Å². The van der Waals surface area contributed by atoms with Gasteiger partial charge < -0.3 is 9.64 Å². The fraction of sp³-hybridized carbons (Fsp3) is 0.385. The number of anilines is 1. The Labute approximate surface area is 195 Å². The first kappa shape index (κ1) is 22.5. The van der Waals surface area contributed by atoms with Gasteiger partial charge in [0.15, 0.2) is 0 Å². The standard InChI is InChI=1S/C26H26F3N3O2/c1-16-14-17(8-11-23(16)34-2)24-19-6-5-7-20(19)25(33)32(30-24)22-15-18(31-12-3-4-13-31)9-10-21(22)26(27,28)29/h8-11,14-15H,3-7,12-13H2,1-2H3. The van der Waals surface area contributed by atoms with E-state index in [2.05, 4.69) is 10.00 Å². The average molecular weight is 470 g/mol. The predicted octanol–water partition coefficient (Wildman–Crippen LogP) is 5.32. The number of aryl methyl sites for hydroxylation is 1. The number of halogens is 3. The smallest absolute Gasteiger partial charge is 0.418 e. The molecule has 5 rings (SSSR count). The molecule has 1 fully saturated rings. The molecule has 5 nitrogen and oxygen atoms in total. The average Bonchev–Trinajstić information content (AvgIpc) is 3.51. The molecule has 0 amide bonds. The van der Waals surface area contributed by atoms with Crippen LogP contribution in [-0.2, 0) is 19.0 Å². The van der Waals surface area contributed by atoms with Gasteiger partial charge >= 0.3 is 6.18 Å². The van der Waals surface area contributed by atoms with Gasteiger partial charge in [-0.25, -0.2) is 0 Å². The van der Waals surface area contributed by atoms with Gasteiger partial charge in [0, 0.05) is 29.9 Å². The summed E-state index contributed by atoms with van der Waals surface area (Å²) in [5.41, 5.74) is 2.71. The van der Waals surface area contributed by atoms with Gasteiger partial charge in [-0.1, -0.05) is 0 Å². The van der Waals surface area contributed by atoms with Crippen LogP contribution < -0.4 is 15.2 Å². The summed E-state index contributed by atoms with van der Waals surface area (Å²) in [5.74, 6) is 0.714. The van der Waals surface area contributed by atoms with E-state index in [9.17, 15) is 18.0 Å². The molecule has 34 heavy (non-hydrogen) atoms. The molecular weight excluding hydrogens is 443 g/mol. The molecule has 8 heteroatoms. The van der Waals surface area contributed by atoms with Crippen molar-refractivity contribution in [3.63, 3.8) is 0 Å². The Balaban J connectivity index is 1.75. The fourth-order valence-corrected chi connectivity index (χ4v) is 5.10. The Hall–Kier alpha value is -3.29. The monoisotopic (exact) mass is 469 g/mol. The zero-order valence-electron chi connectivity index (χ0n) is 19.2. The minimum Gasteiger partial charge on any atom is -0.496 e. The van der Waals surface area contributed by atoms with E-state index in [0.29, 0.717) is 35.5 Å². The highest BCUT2D eigenvalue weighted by Crippen LogP contribution is 2.37. The first-order valence-electron chi connectivity index (χ1n) is 11.5. The van der Waals surface area contributed by atoms with Gasteiger partial charge in [-0.05, 0) is 86.6 Å². The van der Waals surface area contributed by atoms with Crippen molar-refractivity contribution in [2.45, 2.75) is 45.2 Å². The molecule has 0 spiro atoms. The number of rotatable bonds is 4. The quantitative estimate of drug-likeness (QED) is 0.519. The van der Waals surface area contributed by atoms with E-state index in [1.165, 1.54) is 12.1 Å². The molecule has 178 valence electrons. The lowest BCUT2D eigenvalue weighted by Gasteiger charge is -2.22. The molecule has 1 saturated heterocycles. The van der Waals surface area contributed by atoms with E-state index in [1.54, 1.807) is 7.11 Å². The molecule has 0 saturated carbocycles. The maximum atomic E-state index is 14.0. The Morgan fingerprint density at radius 2 is 1.71 bits per heavy atom. The lowest BCUT2D eigenvalue weighted by atomic mass is 10.0. The van der Waals surface area contributed by atoms with Crippen molar-refractivity contribution >= 4 is 5.69 Å². The SMILES string of the molecule is COc1ccc(-c2nn(-c3cc(N4CCCC4)ccc3C(F)(F)F)c(=O)c3c2CCC3)cc1C. The number of fused-ring (bicyclic) bond motifs is 1. The summed E-state index contributed by atoms with van der Waals surface area (Å²) in [4.78, 5) is 15.5. The van der Waals surface area contributed by atoms with Crippen LogP contribution in [0.15, 0.2) is 41.2 Å². The molecule has 0 unspecified atom stereocenters. The molecule has 2 heterocycles. The van der Waals surface area contributed by atoms with Gasteiger partial charge in [-0.3, -0.25) is 4.79 Å². The Morgan fingerprint density at radius 3 is 2.38 bits per heavy atom. The minimum absolute atomic E-state index is 0.219. The maximum absolute atomic E-state index is 14.0. The second-order valence-electron chi connectivity index (χ2n) is 8.95. The second-order valence-corrected chi connectivity index (χ2v) is 8.95. The molecule has 3 aromatic rings. The van der Waals surface area contributed by atoms with Crippen LogP contribution in [0.5, 0.6) is 5.75 Å². The van der Waals surface area contributed by atoms with Crippen molar-refractivity contribution in [1.82, 2.24) is 9.78 Å². The normalized spacial score (nSPS) is 15.6. The summed E-state index contributed by atoms with van der Waals surface area (Å²) in [5, 5.41) is 4.57. The van der Waals surface area contributed by atoms with E-state index >= 15 is 0 Å². The molecule has 2 aromatic carbocycles. The number of alkyl halides is 3. The molecular formula is C26H26F3N3O2. The highest BCUT2D eigenvalue weighted by Gasteiger charge is 2.36. The van der Waals surface area contributed by atoms with Crippen molar-refractivity contribution in [2.24, 2.45) is 0 Å². The molecule has 0 N–H and O–H groups in total. The van der Waals surface area contributed by atoms with E-state index in [-0.39, 0.29) is 5.69 Å². The second kappa shape index (κ2) is 8.49. The third-order valence-corrected chi connectivity index (χ3v) is 6.81. The molecule has 0 radical (unpaired) electrons. The predicted molar refractivity (Wildman–Crippen MR) is 125 cm³/mol. The van der Waals surface area contributed by atoms with E-state index < -0.39 is 17.3 Å². The molecule has 1 aliphatic heterocycles. The first-order chi connectivity index (χ1) is 16.3. The number of nitrogens with zero attached hydrogens (tertiary/aromatic N) is 3. The van der Waals surface area contributed by atoms with Gasteiger partial charge in [0.25, 0.3) is 5.56 Å². The molecule has 1 aliphatic carbocycles. The highest BCUT2D eigenvalue weighted by atomic mass is 19.4. The van der Waals surface area contributed by atoms with Crippen LogP contribution in [0, 0.1) is 6.92 Å². The lowest BCUT2D eigenvalue weighted by Crippen LogP contribution is -2.28. The van der Waals surface area contributed by atoms with Crippen LogP contribution in [0.3, 0.4) is 0 Å². The number of methoxy groups -OCH3 is 1. The number of hydrogen-bond acceptors (Lipinski definition) is 4. The summed E-state index contributed by atoms with van der Waals surface area (Å²) in [6.07, 6.45) is -0.637. The van der Waals surface area contributed by atoms with Crippen molar-refractivity contribution in [1.29, 1.82) is 0 Å². The Bertz CT molecular complexity index is 1310. The largest absolute Gasteiger partial charge is 0.496 e. The number of benzene rings is 2. The molecule has 0 bridgehead atoms. The molecule has 1 aromatic heterocycles. The zero-order valence-corrected chi connectivity index (χ0v) is 19.2. The number of hydrogen-bond donors (Lipinski definition) is 0. The topological polar surface area (TPSA) is 47.4 Å². The lowest BCUT2D eigenvalue weighted by molar-refractivity contribution is -0.137. The summed E-state index contributed by atoms with van der Waals surface area (Å²) in [7, 11) is 1.59. The Morgan fingerprint density at radius 1 is 0.971 bits per heavy atom. The molecule has 2 aliphatic rings. The number of aromatic nitrogens is 2. The number of ether oxygens (including phenoxy) is 1. The van der Waals surface area contributed by atoms with Gasteiger partial charge in [-0.15, -0.1) is 0 Å². The van der Waals surface area contributed by atoms with Crippen molar-refractivity contribution in [3.8, 4) is 22.7 Å². The van der Waals surface area contributed by atoms with Crippen molar-refractivity contribution < 1.29 is 17.9 Å². The highest BCUT2D eigenvalue weighted by molar-refractivity contribution is 5.68. The third kappa shape index (κ3) is 3.85. The molecule has 0 atom stereocenters. The van der Waals surface area contributed by atoms with Crippen molar-refractivity contribution in [3.05, 3.63) is 69.0 Å². The third-order valence-electron chi connectivity index (χ3n) is 6.81. The van der Waals surface area contributed by atoms with Crippen molar-refractivity contribution in [2.75, 3.05) is 25.1 Å². The van der Waals surface area contributed by atoms with Crippen LogP contribution >= 0.6 is 0 Å². The first-order valence-corrected chi connectivity index (χ1v) is 11.5. The summed E-state index contributed by atoms with van der Waals surface area (Å²) < 4.78 is 48.4. The van der Waals surface area contributed by atoms with Gasteiger partial charge in [-0.2, -0.15) is 23.0 Å². The van der Waals surface area contributed by atoms with Crippen LogP contribution in [0.2, 0.25) is 0 Å². The Kier molecular flexibility index (Phi) is 5.62. The van der Waals surface area contributed by atoms with Crippen LogP contribution in [-0.4, -0.2) is 30.0 Å². The van der Waals surface area contributed by atoms with Gasteiger partial charge in [0.1, 0.15) is 5.75 Å².